The molecule has 1 aliphatic heterocycles. The number of nitrogens with one attached hydrogen (secondary N) is 1. The molecule has 2 aromatic rings. The number of hydrogen-bond acceptors (Lipinski definition) is 4. The van der Waals surface area contributed by atoms with Crippen molar-refractivity contribution in [3.8, 4) is 0 Å². The first-order valence-corrected chi connectivity index (χ1v) is 9.09. The van der Waals surface area contributed by atoms with Crippen LogP contribution in [0.2, 0.25) is 0 Å². The van der Waals surface area contributed by atoms with Crippen molar-refractivity contribution < 1.29 is 0 Å². The van der Waals surface area contributed by atoms with Crippen molar-refractivity contribution in [2.45, 2.75) is 64.6 Å². The first kappa shape index (κ1) is 15.4. The van der Waals surface area contributed by atoms with Crippen molar-refractivity contribution in [2.24, 2.45) is 0 Å². The lowest BCUT2D eigenvalue weighted by molar-refractivity contribution is 0.585. The summed E-state index contributed by atoms with van der Waals surface area (Å²) in [7, 11) is 0. The summed E-state index contributed by atoms with van der Waals surface area (Å²) in [6.45, 7) is 7.61. The Morgan fingerprint density at radius 2 is 1.88 bits per heavy atom. The van der Waals surface area contributed by atoms with Gasteiger partial charge < -0.3 is 10.2 Å². The van der Waals surface area contributed by atoms with Crippen molar-refractivity contribution in [1.29, 1.82) is 0 Å². The number of rotatable bonds is 4. The maximum Gasteiger partial charge on any atom is 0.225 e. The average molecular weight is 322 g/mol. The molecule has 1 fully saturated rings. The van der Waals surface area contributed by atoms with E-state index < -0.39 is 0 Å². The van der Waals surface area contributed by atoms with Gasteiger partial charge in [0.1, 0.15) is 5.82 Å². The summed E-state index contributed by atoms with van der Waals surface area (Å²) in [5.41, 5.74) is 4.00. The molecule has 1 aliphatic carbocycles. The van der Waals surface area contributed by atoms with Crippen LogP contribution in [0.25, 0.3) is 0 Å². The Balaban J connectivity index is 1.68. The van der Waals surface area contributed by atoms with Gasteiger partial charge in [-0.1, -0.05) is 38.1 Å². The van der Waals surface area contributed by atoms with Gasteiger partial charge in [0.15, 0.2) is 0 Å². The van der Waals surface area contributed by atoms with Gasteiger partial charge in [-0.25, -0.2) is 4.98 Å². The van der Waals surface area contributed by atoms with Crippen LogP contribution in [0.1, 0.15) is 56.4 Å². The normalized spacial score (nSPS) is 20.2. The molecule has 0 saturated heterocycles. The largest absolute Gasteiger partial charge is 0.351 e. The van der Waals surface area contributed by atoms with Crippen LogP contribution in [0.5, 0.6) is 0 Å². The molecule has 2 heterocycles. The average Bonchev–Trinajstić information content (AvgIpc) is 3.37. The fourth-order valence-electron chi connectivity index (χ4n) is 3.36. The van der Waals surface area contributed by atoms with Crippen LogP contribution in [-0.4, -0.2) is 22.1 Å². The van der Waals surface area contributed by atoms with Crippen LogP contribution < -0.4 is 10.2 Å². The zero-order chi connectivity index (χ0) is 16.7. The monoisotopic (exact) mass is 322 g/mol. The molecule has 0 amide bonds. The minimum Gasteiger partial charge on any atom is -0.351 e. The molecule has 1 N–H and O–H groups in total. The third-order valence-corrected chi connectivity index (χ3v) is 5.04. The SMILES string of the molecule is CC(C)c1cc(N2Cc3ccccc3C[C@H]2C)nc(NC2CC2)n1. The standard InChI is InChI=1S/C20H26N4/c1-13(2)18-11-19(23-20(22-18)21-17-8-9-17)24-12-16-7-5-4-6-15(16)10-14(24)3/h4-7,11,13-14,17H,8-10,12H2,1-3H3,(H,21,22,23)/t14-/m1/s1. The van der Waals surface area contributed by atoms with Gasteiger partial charge in [-0.3, -0.25) is 0 Å². The van der Waals surface area contributed by atoms with Crippen LogP contribution >= 0.6 is 0 Å². The zero-order valence-electron chi connectivity index (χ0n) is 14.8. The van der Waals surface area contributed by atoms with Crippen LogP contribution in [-0.2, 0) is 13.0 Å². The van der Waals surface area contributed by atoms with Crippen molar-refractivity contribution in [2.75, 3.05) is 10.2 Å². The van der Waals surface area contributed by atoms with E-state index in [9.17, 15) is 0 Å². The Labute approximate surface area is 144 Å². The van der Waals surface area contributed by atoms with Gasteiger partial charge in [-0.05, 0) is 43.2 Å². The molecule has 1 aromatic heterocycles. The molecule has 2 aliphatic rings. The van der Waals surface area contributed by atoms with E-state index in [-0.39, 0.29) is 0 Å². The van der Waals surface area contributed by atoms with E-state index in [0.29, 0.717) is 18.0 Å². The fourth-order valence-corrected chi connectivity index (χ4v) is 3.36. The van der Waals surface area contributed by atoms with E-state index in [2.05, 4.69) is 61.3 Å². The highest BCUT2D eigenvalue weighted by Crippen LogP contribution is 2.30. The molecule has 1 saturated carbocycles. The maximum absolute atomic E-state index is 4.85. The van der Waals surface area contributed by atoms with Crippen molar-refractivity contribution in [1.82, 2.24) is 9.97 Å². The minimum absolute atomic E-state index is 0.402. The van der Waals surface area contributed by atoms with Gasteiger partial charge in [0, 0.05) is 24.7 Å². The van der Waals surface area contributed by atoms with E-state index in [1.54, 1.807) is 0 Å². The Morgan fingerprint density at radius 3 is 2.58 bits per heavy atom. The second-order valence-electron chi connectivity index (χ2n) is 7.50. The number of nitrogens with zero attached hydrogens (tertiary/aromatic N) is 3. The Bertz CT molecular complexity index is 736. The molecule has 4 rings (SSSR count). The molecule has 1 atom stereocenters. The topological polar surface area (TPSA) is 41.1 Å². The number of hydrogen-bond donors (Lipinski definition) is 1. The van der Waals surface area contributed by atoms with Crippen LogP contribution in [0, 0.1) is 0 Å². The molecule has 0 bridgehead atoms. The molecule has 0 unspecified atom stereocenters. The molecule has 24 heavy (non-hydrogen) atoms. The predicted octanol–water partition coefficient (Wildman–Crippen LogP) is 4.13. The highest BCUT2D eigenvalue weighted by molar-refractivity contribution is 5.50. The van der Waals surface area contributed by atoms with Gasteiger partial charge in [0.05, 0.1) is 5.69 Å². The molecule has 1 aromatic carbocycles. The summed E-state index contributed by atoms with van der Waals surface area (Å²) < 4.78 is 0. The van der Waals surface area contributed by atoms with Crippen molar-refractivity contribution in [3.63, 3.8) is 0 Å². The zero-order valence-corrected chi connectivity index (χ0v) is 14.8. The lowest BCUT2D eigenvalue weighted by Gasteiger charge is -2.36. The smallest absolute Gasteiger partial charge is 0.225 e. The van der Waals surface area contributed by atoms with Crippen LogP contribution in [0.15, 0.2) is 30.3 Å². The Hall–Kier alpha value is -2.10. The highest BCUT2D eigenvalue weighted by atomic mass is 15.3. The van der Waals surface area contributed by atoms with Crippen LogP contribution in [0.3, 0.4) is 0 Å². The fraction of sp³-hybridized carbons (Fsp3) is 0.500. The summed E-state index contributed by atoms with van der Waals surface area (Å²) in [6, 6.07) is 12.0. The van der Waals surface area contributed by atoms with Gasteiger partial charge in [0.2, 0.25) is 5.95 Å². The second kappa shape index (κ2) is 6.08. The quantitative estimate of drug-likeness (QED) is 0.919. The molecule has 126 valence electrons. The molecule has 4 nitrogen and oxygen atoms in total. The van der Waals surface area contributed by atoms with Gasteiger partial charge in [-0.2, -0.15) is 4.98 Å². The molecular formula is C20H26N4. The summed E-state index contributed by atoms with van der Waals surface area (Å²) in [5, 5.41) is 3.48. The van der Waals surface area contributed by atoms with Crippen molar-refractivity contribution >= 4 is 11.8 Å². The van der Waals surface area contributed by atoms with Crippen LogP contribution in [0.4, 0.5) is 11.8 Å². The first-order chi connectivity index (χ1) is 11.6. The van der Waals surface area contributed by atoms with Gasteiger partial charge in [-0.15, -0.1) is 0 Å². The second-order valence-corrected chi connectivity index (χ2v) is 7.50. The van der Waals surface area contributed by atoms with Gasteiger partial charge >= 0.3 is 0 Å². The number of anilines is 2. The predicted molar refractivity (Wildman–Crippen MR) is 98.6 cm³/mol. The Morgan fingerprint density at radius 1 is 1.12 bits per heavy atom. The molecule has 4 heteroatoms. The number of fused-ring (bicyclic) bond motifs is 1. The molecule has 0 spiro atoms. The summed E-state index contributed by atoms with van der Waals surface area (Å²) >= 11 is 0. The van der Waals surface area contributed by atoms with E-state index in [1.807, 2.05) is 0 Å². The third kappa shape index (κ3) is 3.10. The van der Waals surface area contributed by atoms with E-state index >= 15 is 0 Å². The highest BCUT2D eigenvalue weighted by Gasteiger charge is 2.26. The summed E-state index contributed by atoms with van der Waals surface area (Å²) in [5.74, 6) is 2.25. The summed E-state index contributed by atoms with van der Waals surface area (Å²) in [6.07, 6.45) is 3.54. The number of aromatic nitrogens is 2. The van der Waals surface area contributed by atoms with E-state index in [0.717, 1.165) is 30.4 Å². The van der Waals surface area contributed by atoms with Gasteiger partial charge in [0.25, 0.3) is 0 Å². The third-order valence-electron chi connectivity index (χ3n) is 5.04. The Kier molecular flexibility index (Phi) is 3.91. The lowest BCUT2D eigenvalue weighted by Crippen LogP contribution is -2.39. The number of benzene rings is 1. The lowest BCUT2D eigenvalue weighted by atomic mass is 9.95. The van der Waals surface area contributed by atoms with Crippen molar-refractivity contribution in [3.05, 3.63) is 47.2 Å². The molecule has 0 radical (unpaired) electrons. The maximum atomic E-state index is 4.85. The molecular weight excluding hydrogens is 296 g/mol. The first-order valence-electron chi connectivity index (χ1n) is 9.09. The van der Waals surface area contributed by atoms with E-state index in [1.165, 1.54) is 24.0 Å². The summed E-state index contributed by atoms with van der Waals surface area (Å²) in [4.78, 5) is 12.0. The van der Waals surface area contributed by atoms with E-state index in [4.69, 9.17) is 9.97 Å². The minimum atomic E-state index is 0.402.